The molecule has 6 nitrogen and oxygen atoms in total. The minimum Gasteiger partial charge on any atom is -0.486 e. The second-order valence-electron chi connectivity index (χ2n) is 6.59. The first kappa shape index (κ1) is 17.3. The van der Waals surface area contributed by atoms with Gasteiger partial charge in [-0.15, -0.1) is 0 Å². The van der Waals surface area contributed by atoms with Gasteiger partial charge in [0.1, 0.15) is 42.2 Å². The largest absolute Gasteiger partial charge is 0.486 e. The van der Waals surface area contributed by atoms with E-state index in [2.05, 4.69) is 5.32 Å². The Balaban J connectivity index is 1.91. The van der Waals surface area contributed by atoms with Gasteiger partial charge < -0.3 is 23.6 Å². The van der Waals surface area contributed by atoms with Gasteiger partial charge in [-0.3, -0.25) is 4.79 Å². The molecule has 0 spiro atoms. The normalized spacial score (nSPS) is 13.0. The highest BCUT2D eigenvalue weighted by molar-refractivity contribution is 5.90. The second kappa shape index (κ2) is 6.87. The summed E-state index contributed by atoms with van der Waals surface area (Å²) in [4.78, 5) is 11.8. The lowest BCUT2D eigenvalue weighted by molar-refractivity contribution is -0.114. The molecule has 0 aliphatic carbocycles. The fourth-order valence-electron chi connectivity index (χ4n) is 3.31. The maximum atomic E-state index is 11.8. The summed E-state index contributed by atoms with van der Waals surface area (Å²) in [7, 11) is 0. The van der Waals surface area contributed by atoms with Crippen molar-refractivity contribution in [2.75, 3.05) is 18.5 Å². The van der Waals surface area contributed by atoms with Crippen LogP contribution >= 0.6 is 0 Å². The molecular formula is C21H21NO5. The van der Waals surface area contributed by atoms with Crippen molar-refractivity contribution < 1.29 is 23.1 Å². The SMILES string of the molecule is CC(=O)Nc1cc2c(cc1C(c1ccc(C)o1)c1ccc(C)o1)OCCO2. The molecule has 3 heterocycles. The molecule has 0 fully saturated rings. The number of furan rings is 2. The van der Waals surface area contributed by atoms with Crippen LogP contribution in [0.3, 0.4) is 0 Å². The van der Waals surface area contributed by atoms with E-state index in [1.807, 2.05) is 44.2 Å². The second-order valence-corrected chi connectivity index (χ2v) is 6.59. The van der Waals surface area contributed by atoms with Gasteiger partial charge in [0.25, 0.3) is 0 Å². The zero-order valence-electron chi connectivity index (χ0n) is 15.5. The average molecular weight is 367 g/mol. The molecule has 0 atom stereocenters. The number of carbonyl (C=O) groups is 1. The van der Waals surface area contributed by atoms with Crippen molar-refractivity contribution in [2.24, 2.45) is 0 Å². The third-order valence-electron chi connectivity index (χ3n) is 4.43. The van der Waals surface area contributed by atoms with Gasteiger partial charge in [-0.1, -0.05) is 0 Å². The molecule has 0 saturated carbocycles. The molecule has 0 bridgehead atoms. The molecule has 140 valence electrons. The van der Waals surface area contributed by atoms with E-state index in [0.717, 1.165) is 28.6 Å². The molecule has 3 aromatic rings. The summed E-state index contributed by atoms with van der Waals surface area (Å²) in [6.45, 7) is 6.23. The Bertz CT molecular complexity index is 944. The maximum absolute atomic E-state index is 11.8. The minimum atomic E-state index is -0.329. The predicted octanol–water partition coefficient (Wildman–Crippen LogP) is 4.40. The van der Waals surface area contributed by atoms with Crippen LogP contribution in [0.4, 0.5) is 5.69 Å². The summed E-state index contributed by atoms with van der Waals surface area (Å²) in [6, 6.07) is 11.4. The summed E-state index contributed by atoms with van der Waals surface area (Å²) < 4.78 is 23.3. The van der Waals surface area contributed by atoms with Gasteiger partial charge in [0.05, 0.1) is 0 Å². The molecule has 1 aliphatic rings. The number of hydrogen-bond acceptors (Lipinski definition) is 5. The molecule has 1 N–H and O–H groups in total. The van der Waals surface area contributed by atoms with Crippen LogP contribution in [0.15, 0.2) is 45.2 Å². The molecule has 6 heteroatoms. The zero-order valence-corrected chi connectivity index (χ0v) is 15.5. The van der Waals surface area contributed by atoms with Crippen LogP contribution < -0.4 is 14.8 Å². The number of carbonyl (C=O) groups excluding carboxylic acids is 1. The summed E-state index contributed by atoms with van der Waals surface area (Å²) >= 11 is 0. The van der Waals surface area contributed by atoms with E-state index in [0.29, 0.717) is 30.4 Å². The highest BCUT2D eigenvalue weighted by Crippen LogP contribution is 2.43. The van der Waals surface area contributed by atoms with Crippen LogP contribution in [-0.4, -0.2) is 19.1 Å². The van der Waals surface area contributed by atoms with Crippen LogP contribution in [0.1, 0.15) is 41.4 Å². The van der Waals surface area contributed by atoms with Gasteiger partial charge in [-0.05, 0) is 49.7 Å². The molecule has 0 radical (unpaired) electrons. The Morgan fingerprint density at radius 2 is 1.48 bits per heavy atom. The van der Waals surface area contributed by atoms with Crippen LogP contribution in [0.2, 0.25) is 0 Å². The number of aryl methyl sites for hydroxylation is 2. The molecular weight excluding hydrogens is 346 g/mol. The van der Waals surface area contributed by atoms with E-state index in [4.69, 9.17) is 18.3 Å². The smallest absolute Gasteiger partial charge is 0.221 e. The summed E-state index contributed by atoms with van der Waals surface area (Å²) in [6.07, 6.45) is 0. The van der Waals surface area contributed by atoms with E-state index in [-0.39, 0.29) is 11.8 Å². The number of benzene rings is 1. The van der Waals surface area contributed by atoms with Gasteiger partial charge in [0, 0.05) is 18.7 Å². The number of anilines is 1. The first-order valence-electron chi connectivity index (χ1n) is 8.85. The van der Waals surface area contributed by atoms with E-state index >= 15 is 0 Å². The topological polar surface area (TPSA) is 73.8 Å². The molecule has 1 amide bonds. The van der Waals surface area contributed by atoms with Crippen LogP contribution in [-0.2, 0) is 4.79 Å². The van der Waals surface area contributed by atoms with Crippen molar-refractivity contribution in [1.29, 1.82) is 0 Å². The molecule has 2 aromatic heterocycles. The Labute approximate surface area is 157 Å². The van der Waals surface area contributed by atoms with Gasteiger partial charge in [0.2, 0.25) is 5.91 Å². The fraction of sp³-hybridized carbons (Fsp3) is 0.286. The number of ether oxygens (including phenoxy) is 2. The first-order valence-corrected chi connectivity index (χ1v) is 8.85. The van der Waals surface area contributed by atoms with Crippen molar-refractivity contribution in [2.45, 2.75) is 26.7 Å². The monoisotopic (exact) mass is 367 g/mol. The van der Waals surface area contributed by atoms with E-state index in [1.165, 1.54) is 6.92 Å². The Morgan fingerprint density at radius 1 is 0.926 bits per heavy atom. The van der Waals surface area contributed by atoms with E-state index in [9.17, 15) is 4.79 Å². The first-order chi connectivity index (χ1) is 13.0. The number of rotatable bonds is 4. The number of nitrogens with one attached hydrogen (secondary N) is 1. The number of amides is 1. The number of fused-ring (bicyclic) bond motifs is 1. The lowest BCUT2D eigenvalue weighted by Gasteiger charge is -2.24. The van der Waals surface area contributed by atoms with Gasteiger partial charge in [0.15, 0.2) is 11.5 Å². The van der Waals surface area contributed by atoms with Crippen LogP contribution in [0.25, 0.3) is 0 Å². The zero-order chi connectivity index (χ0) is 19.0. The van der Waals surface area contributed by atoms with Gasteiger partial charge >= 0.3 is 0 Å². The van der Waals surface area contributed by atoms with E-state index in [1.54, 1.807) is 6.07 Å². The Kier molecular flexibility index (Phi) is 4.39. The standard InChI is InChI=1S/C21H21NO5/c1-12-4-6-17(26-12)21(18-7-5-13(2)27-18)15-10-19-20(25-9-8-24-19)11-16(15)22-14(3)23/h4-7,10-11,21H,8-9H2,1-3H3,(H,22,23). The minimum absolute atomic E-state index is 0.169. The van der Waals surface area contributed by atoms with E-state index < -0.39 is 0 Å². The molecule has 1 aromatic carbocycles. The lowest BCUT2D eigenvalue weighted by Crippen LogP contribution is -2.18. The molecule has 0 unspecified atom stereocenters. The summed E-state index contributed by atoms with van der Waals surface area (Å²) in [5, 5.41) is 2.90. The lowest BCUT2D eigenvalue weighted by atomic mass is 9.91. The number of hydrogen-bond donors (Lipinski definition) is 1. The van der Waals surface area contributed by atoms with Crippen molar-refractivity contribution in [3.63, 3.8) is 0 Å². The summed E-state index contributed by atoms with van der Waals surface area (Å²) in [5.41, 5.74) is 1.46. The van der Waals surface area contributed by atoms with Crippen LogP contribution in [0, 0.1) is 13.8 Å². The molecule has 4 rings (SSSR count). The third kappa shape index (κ3) is 3.43. The third-order valence-corrected chi connectivity index (χ3v) is 4.43. The van der Waals surface area contributed by atoms with Crippen molar-refractivity contribution >= 4 is 11.6 Å². The van der Waals surface area contributed by atoms with Gasteiger partial charge in [-0.2, -0.15) is 0 Å². The highest BCUT2D eigenvalue weighted by atomic mass is 16.6. The molecule has 1 aliphatic heterocycles. The van der Waals surface area contributed by atoms with Gasteiger partial charge in [-0.25, -0.2) is 0 Å². The highest BCUT2D eigenvalue weighted by Gasteiger charge is 2.29. The van der Waals surface area contributed by atoms with Crippen LogP contribution in [0.5, 0.6) is 11.5 Å². The average Bonchev–Trinajstić information content (AvgIpc) is 3.24. The summed E-state index contributed by atoms with van der Waals surface area (Å²) in [5.74, 6) is 3.81. The van der Waals surface area contributed by atoms with Crippen molar-refractivity contribution in [3.8, 4) is 11.5 Å². The quantitative estimate of drug-likeness (QED) is 0.740. The van der Waals surface area contributed by atoms with Crippen molar-refractivity contribution in [3.05, 3.63) is 65.0 Å². The molecule has 27 heavy (non-hydrogen) atoms. The van der Waals surface area contributed by atoms with Crippen molar-refractivity contribution in [1.82, 2.24) is 0 Å². The Morgan fingerprint density at radius 3 is 1.96 bits per heavy atom. The Hall–Kier alpha value is -3.15. The maximum Gasteiger partial charge on any atom is 0.221 e. The predicted molar refractivity (Wildman–Crippen MR) is 99.6 cm³/mol. The molecule has 0 saturated heterocycles. The fourth-order valence-corrected chi connectivity index (χ4v) is 3.31.